The number of rotatable bonds is 2. The minimum absolute atomic E-state index is 0.281. The van der Waals surface area contributed by atoms with Gasteiger partial charge >= 0.3 is 5.69 Å². The Morgan fingerprint density at radius 3 is 3.00 bits per heavy atom. The van der Waals surface area contributed by atoms with Crippen LogP contribution in [0.15, 0.2) is 11.0 Å². The summed E-state index contributed by atoms with van der Waals surface area (Å²) in [5.41, 5.74) is 1.50. The molecule has 6 nitrogen and oxygen atoms in total. The molecule has 0 bridgehead atoms. The van der Waals surface area contributed by atoms with E-state index in [0.717, 1.165) is 5.69 Å². The van der Waals surface area contributed by atoms with Gasteiger partial charge in [-0.3, -0.25) is 9.97 Å². The highest BCUT2D eigenvalue weighted by molar-refractivity contribution is 5.63. The third kappa shape index (κ3) is 1.43. The Hall–Kier alpha value is -1.69. The number of hydrogen-bond acceptors (Lipinski definition) is 4. The number of aromatic nitrogens is 4. The SMILES string of the molecule is CNCc1cnc2[nH]c(=O)[nH]c2n1. The van der Waals surface area contributed by atoms with E-state index in [0.29, 0.717) is 17.8 Å². The Labute approximate surface area is 73.4 Å². The van der Waals surface area contributed by atoms with E-state index in [-0.39, 0.29) is 5.69 Å². The molecule has 6 heteroatoms. The number of imidazole rings is 1. The lowest BCUT2D eigenvalue weighted by atomic mass is 10.4. The lowest BCUT2D eigenvalue weighted by Gasteiger charge is -1.96. The number of hydrogen-bond donors (Lipinski definition) is 3. The van der Waals surface area contributed by atoms with Crippen LogP contribution in [0.25, 0.3) is 11.3 Å². The summed E-state index contributed by atoms with van der Waals surface area (Å²) in [6.45, 7) is 0.635. The molecule has 2 heterocycles. The maximum atomic E-state index is 10.9. The fourth-order valence-electron chi connectivity index (χ4n) is 1.12. The minimum Gasteiger partial charge on any atom is -0.314 e. The molecule has 0 aliphatic heterocycles. The van der Waals surface area contributed by atoms with Crippen molar-refractivity contribution < 1.29 is 0 Å². The van der Waals surface area contributed by atoms with E-state index >= 15 is 0 Å². The van der Waals surface area contributed by atoms with Gasteiger partial charge < -0.3 is 5.32 Å². The number of aromatic amines is 2. The van der Waals surface area contributed by atoms with Crippen LogP contribution in [0.4, 0.5) is 0 Å². The normalized spacial score (nSPS) is 10.8. The van der Waals surface area contributed by atoms with E-state index in [1.165, 1.54) is 0 Å². The van der Waals surface area contributed by atoms with Crippen LogP contribution in [-0.2, 0) is 6.54 Å². The topological polar surface area (TPSA) is 86.5 Å². The molecule has 0 atom stereocenters. The van der Waals surface area contributed by atoms with Crippen molar-refractivity contribution in [2.24, 2.45) is 0 Å². The van der Waals surface area contributed by atoms with Gasteiger partial charge in [-0.05, 0) is 7.05 Å². The van der Waals surface area contributed by atoms with Crippen LogP contribution in [-0.4, -0.2) is 27.0 Å². The molecule has 13 heavy (non-hydrogen) atoms. The highest BCUT2D eigenvalue weighted by Crippen LogP contribution is 2.00. The predicted molar refractivity (Wildman–Crippen MR) is 47.3 cm³/mol. The molecule has 2 aromatic heterocycles. The van der Waals surface area contributed by atoms with Crippen LogP contribution in [0, 0.1) is 0 Å². The fraction of sp³-hybridized carbons (Fsp3) is 0.286. The fourth-order valence-corrected chi connectivity index (χ4v) is 1.12. The second-order valence-electron chi connectivity index (χ2n) is 2.67. The van der Waals surface area contributed by atoms with Gasteiger partial charge in [-0.2, -0.15) is 0 Å². The molecule has 0 saturated carbocycles. The van der Waals surface area contributed by atoms with E-state index in [9.17, 15) is 4.79 Å². The average molecular weight is 179 g/mol. The first-order valence-electron chi connectivity index (χ1n) is 3.88. The second-order valence-corrected chi connectivity index (χ2v) is 2.67. The van der Waals surface area contributed by atoms with E-state index in [1.807, 2.05) is 7.05 Å². The lowest BCUT2D eigenvalue weighted by molar-refractivity contribution is 0.789. The van der Waals surface area contributed by atoms with Gasteiger partial charge in [-0.15, -0.1) is 0 Å². The van der Waals surface area contributed by atoms with Crippen molar-refractivity contribution in [3.05, 3.63) is 22.4 Å². The van der Waals surface area contributed by atoms with E-state index in [2.05, 4.69) is 25.3 Å². The maximum absolute atomic E-state index is 10.9. The van der Waals surface area contributed by atoms with Gasteiger partial charge in [0, 0.05) is 6.54 Å². The molecular formula is C7H9N5O. The summed E-state index contributed by atoms with van der Waals surface area (Å²) in [6, 6.07) is 0. The lowest BCUT2D eigenvalue weighted by Crippen LogP contribution is -2.07. The molecule has 0 amide bonds. The summed E-state index contributed by atoms with van der Waals surface area (Å²) in [6.07, 6.45) is 1.63. The maximum Gasteiger partial charge on any atom is 0.326 e. The van der Waals surface area contributed by atoms with Gasteiger partial charge in [-0.25, -0.2) is 14.8 Å². The number of nitrogens with zero attached hydrogens (tertiary/aromatic N) is 2. The molecule has 0 aliphatic carbocycles. The molecule has 0 aromatic carbocycles. The monoisotopic (exact) mass is 179 g/mol. The zero-order valence-electron chi connectivity index (χ0n) is 7.09. The Morgan fingerprint density at radius 1 is 1.46 bits per heavy atom. The molecule has 3 N–H and O–H groups in total. The molecule has 0 saturated heterocycles. The van der Waals surface area contributed by atoms with Crippen molar-refractivity contribution in [2.75, 3.05) is 7.05 Å². The molecule has 0 spiro atoms. The molecule has 0 aliphatic rings. The summed E-state index contributed by atoms with van der Waals surface area (Å²) in [7, 11) is 1.83. The van der Waals surface area contributed by atoms with Crippen LogP contribution < -0.4 is 11.0 Å². The summed E-state index contributed by atoms with van der Waals surface area (Å²) in [5, 5.41) is 2.95. The molecule has 2 rings (SSSR count). The van der Waals surface area contributed by atoms with Crippen LogP contribution in [0.1, 0.15) is 5.69 Å². The van der Waals surface area contributed by atoms with Crippen molar-refractivity contribution in [1.82, 2.24) is 25.3 Å². The molecular weight excluding hydrogens is 170 g/mol. The quantitative estimate of drug-likeness (QED) is 0.572. The van der Waals surface area contributed by atoms with Crippen molar-refractivity contribution in [1.29, 1.82) is 0 Å². The third-order valence-electron chi connectivity index (χ3n) is 1.64. The molecule has 68 valence electrons. The van der Waals surface area contributed by atoms with Crippen LogP contribution in [0.2, 0.25) is 0 Å². The molecule has 0 radical (unpaired) electrons. The highest BCUT2D eigenvalue weighted by Gasteiger charge is 2.01. The Bertz CT molecular complexity index is 471. The van der Waals surface area contributed by atoms with Gasteiger partial charge in [-0.1, -0.05) is 0 Å². The first kappa shape index (κ1) is 7.93. The van der Waals surface area contributed by atoms with Gasteiger partial charge in [0.25, 0.3) is 0 Å². The smallest absolute Gasteiger partial charge is 0.314 e. The summed E-state index contributed by atoms with van der Waals surface area (Å²) >= 11 is 0. The average Bonchev–Trinajstić information content (AvgIpc) is 2.44. The van der Waals surface area contributed by atoms with Gasteiger partial charge in [0.15, 0.2) is 11.3 Å². The number of nitrogens with one attached hydrogen (secondary N) is 3. The summed E-state index contributed by atoms with van der Waals surface area (Å²) in [4.78, 5) is 24.1. The van der Waals surface area contributed by atoms with Gasteiger partial charge in [0.2, 0.25) is 0 Å². The van der Waals surface area contributed by atoms with E-state index in [4.69, 9.17) is 0 Å². The standard InChI is InChI=1S/C7H9N5O/c1-8-2-4-3-9-5-6(10-4)12-7(13)11-5/h3,8H,2H2,1H3,(H2,9,10,11,12,13). The first-order chi connectivity index (χ1) is 6.29. The first-order valence-corrected chi connectivity index (χ1v) is 3.88. The van der Waals surface area contributed by atoms with Gasteiger partial charge in [0.05, 0.1) is 11.9 Å². The third-order valence-corrected chi connectivity index (χ3v) is 1.64. The molecule has 0 fully saturated rings. The second kappa shape index (κ2) is 2.98. The van der Waals surface area contributed by atoms with Gasteiger partial charge in [0.1, 0.15) is 0 Å². The Kier molecular flexibility index (Phi) is 1.82. The van der Waals surface area contributed by atoms with Crippen LogP contribution in [0.5, 0.6) is 0 Å². The van der Waals surface area contributed by atoms with Crippen molar-refractivity contribution >= 4 is 11.3 Å². The summed E-state index contributed by atoms with van der Waals surface area (Å²) in [5.74, 6) is 0. The summed E-state index contributed by atoms with van der Waals surface area (Å²) < 4.78 is 0. The van der Waals surface area contributed by atoms with E-state index < -0.39 is 0 Å². The Morgan fingerprint density at radius 2 is 2.23 bits per heavy atom. The molecule has 0 unspecified atom stereocenters. The highest BCUT2D eigenvalue weighted by atomic mass is 16.1. The van der Waals surface area contributed by atoms with Crippen molar-refractivity contribution in [3.63, 3.8) is 0 Å². The van der Waals surface area contributed by atoms with Crippen LogP contribution >= 0.6 is 0 Å². The van der Waals surface area contributed by atoms with Crippen molar-refractivity contribution in [3.8, 4) is 0 Å². The van der Waals surface area contributed by atoms with E-state index in [1.54, 1.807) is 6.20 Å². The zero-order chi connectivity index (χ0) is 9.26. The number of fused-ring (bicyclic) bond motifs is 1. The zero-order valence-corrected chi connectivity index (χ0v) is 7.09. The van der Waals surface area contributed by atoms with Crippen LogP contribution in [0.3, 0.4) is 0 Å². The largest absolute Gasteiger partial charge is 0.326 e. The Balaban J connectivity index is 2.54. The number of H-pyrrole nitrogens is 2. The predicted octanol–water partition coefficient (Wildman–Crippen LogP) is -0.634. The molecule has 2 aromatic rings. The minimum atomic E-state index is -0.281. The van der Waals surface area contributed by atoms with Crippen molar-refractivity contribution in [2.45, 2.75) is 6.54 Å².